The van der Waals surface area contributed by atoms with Crippen LogP contribution in [0.3, 0.4) is 0 Å². The number of rotatable bonds is 5. The van der Waals surface area contributed by atoms with E-state index >= 15 is 0 Å². The monoisotopic (exact) mass is 360 g/mol. The Labute approximate surface area is 151 Å². The second-order valence-corrected chi connectivity index (χ2v) is 6.72. The number of nitrogens with one attached hydrogen (secondary N) is 1. The number of nitrogens with zero attached hydrogens (tertiary/aromatic N) is 1. The maximum absolute atomic E-state index is 13.4. The van der Waals surface area contributed by atoms with Gasteiger partial charge in [-0.05, 0) is 25.0 Å². The van der Waals surface area contributed by atoms with E-state index < -0.39 is 5.92 Å². The SMILES string of the molecule is COCC(C)NC(=O)c1cnc2c(C3=CCC(F)(F)CC3)cccc2c1. The van der Waals surface area contributed by atoms with Gasteiger partial charge >= 0.3 is 0 Å². The van der Waals surface area contributed by atoms with Gasteiger partial charge in [-0.3, -0.25) is 9.78 Å². The quantitative estimate of drug-likeness (QED) is 0.869. The Balaban J connectivity index is 1.88. The largest absolute Gasteiger partial charge is 0.383 e. The van der Waals surface area contributed by atoms with Crippen LogP contribution in [0.15, 0.2) is 36.5 Å². The molecule has 2 aromatic rings. The molecule has 0 aliphatic heterocycles. The highest BCUT2D eigenvalue weighted by Gasteiger charge is 2.31. The Hall–Kier alpha value is -2.34. The highest BCUT2D eigenvalue weighted by Crippen LogP contribution is 2.37. The predicted molar refractivity (Wildman–Crippen MR) is 97.3 cm³/mol. The minimum absolute atomic E-state index is 0.108. The number of hydrogen-bond donors (Lipinski definition) is 1. The number of allylic oxidation sites excluding steroid dienone is 2. The summed E-state index contributed by atoms with van der Waals surface area (Å²) in [5.74, 6) is -2.84. The summed E-state index contributed by atoms with van der Waals surface area (Å²) in [6.45, 7) is 2.29. The van der Waals surface area contributed by atoms with Crippen molar-refractivity contribution in [3.05, 3.63) is 47.7 Å². The van der Waals surface area contributed by atoms with Gasteiger partial charge in [0.15, 0.2) is 0 Å². The Morgan fingerprint density at radius 1 is 1.42 bits per heavy atom. The summed E-state index contributed by atoms with van der Waals surface area (Å²) in [7, 11) is 1.58. The van der Waals surface area contributed by atoms with Crippen LogP contribution in [0.2, 0.25) is 0 Å². The summed E-state index contributed by atoms with van der Waals surface area (Å²) in [5.41, 5.74) is 2.94. The third-order valence-electron chi connectivity index (χ3n) is 4.52. The van der Waals surface area contributed by atoms with Crippen LogP contribution in [0.25, 0.3) is 16.5 Å². The van der Waals surface area contributed by atoms with Crippen molar-refractivity contribution in [3.8, 4) is 0 Å². The topological polar surface area (TPSA) is 51.2 Å². The number of pyridine rings is 1. The molecule has 1 amide bonds. The standard InChI is InChI=1S/C20H22F2N2O2/c1-13(12-26-2)24-19(25)16-10-15-4-3-5-17(18(15)23-11-16)14-6-8-20(21,22)9-7-14/h3-6,10-11,13H,7-9,12H2,1-2H3,(H,24,25). The number of ether oxygens (including phenoxy) is 1. The Bertz CT molecular complexity index is 849. The number of benzene rings is 1. The molecule has 26 heavy (non-hydrogen) atoms. The van der Waals surface area contributed by atoms with Gasteiger partial charge in [0.05, 0.1) is 17.7 Å². The van der Waals surface area contributed by atoms with Crippen molar-refractivity contribution in [1.29, 1.82) is 0 Å². The molecule has 0 bridgehead atoms. The molecule has 0 saturated carbocycles. The Morgan fingerprint density at radius 3 is 2.92 bits per heavy atom. The number of aromatic nitrogens is 1. The molecule has 6 heteroatoms. The minimum Gasteiger partial charge on any atom is -0.383 e. The van der Waals surface area contributed by atoms with E-state index in [4.69, 9.17) is 4.74 Å². The number of fused-ring (bicyclic) bond motifs is 1. The van der Waals surface area contributed by atoms with Gasteiger partial charge in [-0.1, -0.05) is 24.3 Å². The number of carbonyl (C=O) groups excluding carboxylic acids is 1. The number of carbonyl (C=O) groups is 1. The van der Waals surface area contributed by atoms with Crippen molar-refractivity contribution in [2.45, 2.75) is 38.2 Å². The maximum atomic E-state index is 13.4. The number of methoxy groups -OCH3 is 1. The van der Waals surface area contributed by atoms with Gasteiger partial charge in [0.25, 0.3) is 11.8 Å². The fraction of sp³-hybridized carbons (Fsp3) is 0.400. The lowest BCUT2D eigenvalue weighted by molar-refractivity contribution is -0.00602. The maximum Gasteiger partial charge on any atom is 0.253 e. The molecule has 1 atom stereocenters. The number of para-hydroxylation sites is 1. The smallest absolute Gasteiger partial charge is 0.253 e. The fourth-order valence-electron chi connectivity index (χ4n) is 3.18. The van der Waals surface area contributed by atoms with Crippen LogP contribution in [-0.4, -0.2) is 36.6 Å². The number of amides is 1. The van der Waals surface area contributed by atoms with Crippen molar-refractivity contribution in [2.75, 3.05) is 13.7 Å². The molecule has 1 aliphatic carbocycles. The zero-order valence-corrected chi connectivity index (χ0v) is 14.9. The zero-order chi connectivity index (χ0) is 18.7. The first kappa shape index (κ1) is 18.5. The van der Waals surface area contributed by atoms with Gasteiger partial charge < -0.3 is 10.1 Å². The number of hydrogen-bond acceptors (Lipinski definition) is 3. The summed E-state index contributed by atoms with van der Waals surface area (Å²) < 4.78 is 31.8. The van der Waals surface area contributed by atoms with E-state index in [2.05, 4.69) is 10.3 Å². The van der Waals surface area contributed by atoms with E-state index in [9.17, 15) is 13.6 Å². The first-order valence-corrected chi connectivity index (χ1v) is 8.65. The van der Waals surface area contributed by atoms with E-state index in [0.717, 1.165) is 22.0 Å². The molecule has 3 rings (SSSR count). The van der Waals surface area contributed by atoms with Gasteiger partial charge in [0, 0.05) is 43.1 Å². The summed E-state index contributed by atoms with van der Waals surface area (Å²) in [5, 5.41) is 3.66. The van der Waals surface area contributed by atoms with Gasteiger partial charge in [0.1, 0.15) is 0 Å². The van der Waals surface area contributed by atoms with E-state index in [1.54, 1.807) is 19.3 Å². The van der Waals surface area contributed by atoms with Crippen LogP contribution in [0, 0.1) is 0 Å². The fourth-order valence-corrected chi connectivity index (χ4v) is 3.18. The molecule has 1 unspecified atom stereocenters. The summed E-state index contributed by atoms with van der Waals surface area (Å²) in [6, 6.07) is 7.30. The molecule has 0 saturated heterocycles. The molecular formula is C20H22F2N2O2. The molecule has 0 radical (unpaired) electrons. The van der Waals surface area contributed by atoms with Crippen molar-refractivity contribution in [1.82, 2.24) is 10.3 Å². The normalized spacial score (nSPS) is 17.6. The van der Waals surface area contributed by atoms with Crippen LogP contribution in [-0.2, 0) is 4.74 Å². The molecular weight excluding hydrogens is 338 g/mol. The van der Waals surface area contributed by atoms with Crippen molar-refractivity contribution < 1.29 is 18.3 Å². The van der Waals surface area contributed by atoms with Crippen LogP contribution < -0.4 is 5.32 Å². The van der Waals surface area contributed by atoms with Crippen LogP contribution in [0.4, 0.5) is 8.78 Å². The highest BCUT2D eigenvalue weighted by atomic mass is 19.3. The van der Waals surface area contributed by atoms with Crippen LogP contribution in [0.1, 0.15) is 42.1 Å². The average molecular weight is 360 g/mol. The molecule has 0 spiro atoms. The van der Waals surface area contributed by atoms with Crippen molar-refractivity contribution in [2.24, 2.45) is 0 Å². The third-order valence-corrected chi connectivity index (χ3v) is 4.52. The van der Waals surface area contributed by atoms with Gasteiger partial charge in [-0.25, -0.2) is 8.78 Å². The predicted octanol–water partition coefficient (Wildman–Crippen LogP) is 4.20. The lowest BCUT2D eigenvalue weighted by Crippen LogP contribution is -2.35. The van der Waals surface area contributed by atoms with E-state index in [0.29, 0.717) is 18.6 Å². The average Bonchev–Trinajstić information content (AvgIpc) is 2.61. The molecule has 1 N–H and O–H groups in total. The molecule has 0 fully saturated rings. The Morgan fingerprint density at radius 2 is 2.23 bits per heavy atom. The van der Waals surface area contributed by atoms with Crippen molar-refractivity contribution >= 4 is 22.4 Å². The zero-order valence-electron chi connectivity index (χ0n) is 14.9. The Kier molecular flexibility index (Phi) is 5.32. The van der Waals surface area contributed by atoms with E-state index in [-0.39, 0.29) is 24.8 Å². The summed E-state index contributed by atoms with van der Waals surface area (Å²) in [6.07, 6.45) is 3.07. The first-order valence-electron chi connectivity index (χ1n) is 8.65. The lowest BCUT2D eigenvalue weighted by atomic mass is 9.90. The lowest BCUT2D eigenvalue weighted by Gasteiger charge is -2.22. The van der Waals surface area contributed by atoms with Crippen LogP contribution in [0.5, 0.6) is 0 Å². The summed E-state index contributed by atoms with van der Waals surface area (Å²) >= 11 is 0. The van der Waals surface area contributed by atoms with E-state index in [1.807, 2.05) is 25.1 Å². The third kappa shape index (κ3) is 4.07. The highest BCUT2D eigenvalue weighted by molar-refractivity contribution is 5.99. The summed E-state index contributed by atoms with van der Waals surface area (Å²) in [4.78, 5) is 16.8. The van der Waals surface area contributed by atoms with Gasteiger partial charge in [0.2, 0.25) is 0 Å². The first-order chi connectivity index (χ1) is 12.4. The number of halogens is 2. The molecule has 1 aliphatic rings. The van der Waals surface area contributed by atoms with Crippen molar-refractivity contribution in [3.63, 3.8) is 0 Å². The molecule has 138 valence electrons. The number of alkyl halides is 2. The van der Waals surface area contributed by atoms with Gasteiger partial charge in [-0.15, -0.1) is 0 Å². The van der Waals surface area contributed by atoms with Gasteiger partial charge in [-0.2, -0.15) is 0 Å². The minimum atomic E-state index is -2.62. The van der Waals surface area contributed by atoms with E-state index in [1.165, 1.54) is 6.20 Å². The second kappa shape index (κ2) is 7.50. The molecule has 1 aromatic heterocycles. The molecule has 1 aromatic carbocycles. The molecule has 1 heterocycles. The van der Waals surface area contributed by atoms with Crippen LogP contribution >= 0.6 is 0 Å². The second-order valence-electron chi connectivity index (χ2n) is 6.72. The molecule has 4 nitrogen and oxygen atoms in total.